The second kappa shape index (κ2) is 15.3. The van der Waals surface area contributed by atoms with Crippen molar-refractivity contribution < 1.29 is 43.9 Å². The Morgan fingerprint density at radius 2 is 1.86 bits per heavy atom. The van der Waals surface area contributed by atoms with Crippen LogP contribution in [-0.2, 0) is 14.3 Å². The second-order valence-corrected chi connectivity index (χ2v) is 9.81. The molecule has 1 aromatic carbocycles. The van der Waals surface area contributed by atoms with Gasteiger partial charge in [0.2, 0.25) is 12.2 Å². The average Bonchev–Trinajstić information content (AvgIpc) is 2.86. The lowest BCUT2D eigenvalue weighted by Gasteiger charge is -2.42. The Morgan fingerprint density at radius 1 is 1.19 bits per heavy atom. The maximum absolute atomic E-state index is 15.3. The van der Waals surface area contributed by atoms with Gasteiger partial charge in [-0.05, 0) is 25.5 Å². The first-order valence-corrected chi connectivity index (χ1v) is 13.1. The van der Waals surface area contributed by atoms with Gasteiger partial charge in [-0.15, -0.1) is 0 Å². The molecular weight excluding hydrogens is 485 g/mol. The number of nitrogens with one attached hydrogen (secondary N) is 1. The molecule has 7 unspecified atom stereocenters. The molecule has 0 aliphatic carbocycles. The molecule has 0 aromatic heterocycles. The zero-order chi connectivity index (χ0) is 27.5. The highest BCUT2D eigenvalue weighted by molar-refractivity contribution is 5.85. The van der Waals surface area contributed by atoms with E-state index in [9.17, 15) is 30.0 Å². The van der Waals surface area contributed by atoms with Gasteiger partial charge in [0.25, 0.3) is 0 Å². The van der Waals surface area contributed by atoms with E-state index in [-0.39, 0.29) is 24.2 Å². The fourth-order valence-corrected chi connectivity index (χ4v) is 4.48. The SMILES string of the molecule is CCCCCCCCC(=O)C(F)c1cc(C)ccc1OC1CC(O)C(NC(C)=O)C(C(O)C(O)CO)O1. The number of unbranched alkanes of at least 4 members (excludes halogenated alkanes) is 5. The van der Waals surface area contributed by atoms with Crippen molar-refractivity contribution in [2.75, 3.05) is 6.61 Å². The molecule has 0 radical (unpaired) electrons. The molecular formula is C27H42FNO8. The maximum Gasteiger partial charge on any atom is 0.217 e. The largest absolute Gasteiger partial charge is 0.464 e. The fraction of sp³-hybridized carbons (Fsp3) is 0.704. The number of hydrogen-bond donors (Lipinski definition) is 5. The summed E-state index contributed by atoms with van der Waals surface area (Å²) in [6.07, 6.45) is -3.09. The van der Waals surface area contributed by atoms with Gasteiger partial charge in [-0.3, -0.25) is 9.59 Å². The number of carbonyl (C=O) groups excluding carboxylic acids is 2. The minimum absolute atomic E-state index is 0.0468. The minimum Gasteiger partial charge on any atom is -0.464 e. The van der Waals surface area contributed by atoms with Crippen LogP contribution in [0.4, 0.5) is 4.39 Å². The number of ether oxygens (including phenoxy) is 2. The molecule has 7 atom stereocenters. The summed E-state index contributed by atoms with van der Waals surface area (Å²) in [6.45, 7) is 4.34. The van der Waals surface area contributed by atoms with E-state index in [2.05, 4.69) is 12.2 Å². The number of aryl methyl sites for hydroxylation is 1. The van der Waals surface area contributed by atoms with Crippen LogP contribution in [0.2, 0.25) is 0 Å². The zero-order valence-electron chi connectivity index (χ0n) is 21.9. The van der Waals surface area contributed by atoms with Gasteiger partial charge in [0.05, 0.1) is 18.8 Å². The van der Waals surface area contributed by atoms with Crippen LogP contribution in [-0.4, -0.2) is 75.5 Å². The molecule has 0 bridgehead atoms. The minimum atomic E-state index is -1.90. The second-order valence-electron chi connectivity index (χ2n) is 9.81. The van der Waals surface area contributed by atoms with Crippen LogP contribution >= 0.6 is 0 Å². The van der Waals surface area contributed by atoms with Gasteiger partial charge in [0.15, 0.2) is 12.0 Å². The number of rotatable bonds is 15. The number of hydrogen-bond acceptors (Lipinski definition) is 8. The van der Waals surface area contributed by atoms with Crippen molar-refractivity contribution in [3.63, 3.8) is 0 Å². The normalized spacial score (nSPS) is 24.2. The topological polar surface area (TPSA) is 146 Å². The Hall–Kier alpha value is -2.11. The molecule has 0 saturated carbocycles. The lowest BCUT2D eigenvalue weighted by Crippen LogP contribution is -2.63. The summed E-state index contributed by atoms with van der Waals surface area (Å²) in [5.74, 6) is -0.978. The Morgan fingerprint density at radius 3 is 2.51 bits per heavy atom. The van der Waals surface area contributed by atoms with Crippen molar-refractivity contribution >= 4 is 11.7 Å². The Balaban J connectivity index is 2.15. The van der Waals surface area contributed by atoms with E-state index in [1.54, 1.807) is 13.0 Å². The predicted octanol–water partition coefficient (Wildman–Crippen LogP) is 2.40. The first-order chi connectivity index (χ1) is 17.6. The number of aliphatic hydroxyl groups excluding tert-OH is 4. The third kappa shape index (κ3) is 9.30. The van der Waals surface area contributed by atoms with Gasteiger partial charge < -0.3 is 35.2 Å². The first kappa shape index (κ1) is 31.1. The van der Waals surface area contributed by atoms with Crippen molar-refractivity contribution in [3.05, 3.63) is 29.3 Å². The molecule has 1 heterocycles. The summed E-state index contributed by atoms with van der Waals surface area (Å²) in [5, 5.41) is 42.8. The van der Waals surface area contributed by atoms with Gasteiger partial charge in [-0.2, -0.15) is 0 Å². The summed E-state index contributed by atoms with van der Waals surface area (Å²) in [5.41, 5.74) is 0.776. The third-order valence-corrected chi connectivity index (χ3v) is 6.56. The van der Waals surface area contributed by atoms with Crippen molar-refractivity contribution in [2.24, 2.45) is 0 Å². The smallest absolute Gasteiger partial charge is 0.217 e. The molecule has 1 fully saturated rings. The lowest BCUT2D eigenvalue weighted by atomic mass is 9.92. The Kier molecular flexibility index (Phi) is 12.9. The average molecular weight is 528 g/mol. The third-order valence-electron chi connectivity index (χ3n) is 6.56. The Labute approximate surface area is 218 Å². The maximum atomic E-state index is 15.3. The van der Waals surface area contributed by atoms with Crippen molar-refractivity contribution in [2.45, 2.75) is 115 Å². The predicted molar refractivity (Wildman–Crippen MR) is 135 cm³/mol. The number of halogens is 1. The van der Waals surface area contributed by atoms with E-state index >= 15 is 4.39 Å². The van der Waals surface area contributed by atoms with E-state index in [4.69, 9.17) is 9.47 Å². The summed E-state index contributed by atoms with van der Waals surface area (Å²) in [7, 11) is 0. The molecule has 2 rings (SSSR count). The fourth-order valence-electron chi connectivity index (χ4n) is 4.48. The highest BCUT2D eigenvalue weighted by Gasteiger charge is 2.45. The van der Waals surface area contributed by atoms with E-state index in [1.807, 2.05) is 0 Å². The van der Waals surface area contributed by atoms with Crippen molar-refractivity contribution in [1.82, 2.24) is 5.32 Å². The monoisotopic (exact) mass is 527 g/mol. The number of amides is 1. The molecule has 10 heteroatoms. The lowest BCUT2D eigenvalue weighted by molar-refractivity contribution is -0.227. The molecule has 9 nitrogen and oxygen atoms in total. The van der Waals surface area contributed by atoms with Crippen molar-refractivity contribution in [3.8, 4) is 5.75 Å². The molecule has 0 spiro atoms. The van der Waals surface area contributed by atoms with Crippen LogP contribution in [0.3, 0.4) is 0 Å². The van der Waals surface area contributed by atoms with Gasteiger partial charge >= 0.3 is 0 Å². The van der Waals surface area contributed by atoms with Crippen LogP contribution < -0.4 is 10.1 Å². The molecule has 1 aromatic rings. The number of ketones is 1. The van der Waals surface area contributed by atoms with Gasteiger partial charge in [0.1, 0.15) is 24.1 Å². The van der Waals surface area contributed by atoms with Crippen LogP contribution in [0.25, 0.3) is 0 Å². The highest BCUT2D eigenvalue weighted by atomic mass is 19.1. The molecule has 1 aliphatic heterocycles. The van der Waals surface area contributed by atoms with Crippen LogP contribution in [0.1, 0.15) is 82.5 Å². The quantitative estimate of drug-likeness (QED) is 0.219. The number of Topliss-reactive ketones (excluding diaryl/α,β-unsaturated/α-hetero) is 1. The number of aliphatic hydroxyl groups is 4. The van der Waals surface area contributed by atoms with Gasteiger partial charge in [0, 0.05) is 25.3 Å². The molecule has 1 amide bonds. The summed E-state index contributed by atoms with van der Waals surface area (Å²) in [4.78, 5) is 24.2. The van der Waals surface area contributed by atoms with Gasteiger partial charge in [-0.25, -0.2) is 4.39 Å². The van der Waals surface area contributed by atoms with Crippen molar-refractivity contribution in [1.29, 1.82) is 0 Å². The molecule has 1 aliphatic rings. The standard InChI is InChI=1S/C27H42FNO8/c1-4-5-6-7-8-9-10-19(32)24(28)18-13-16(2)11-12-22(18)36-23-14-20(33)25(29-17(3)31)27(37-23)26(35)21(34)15-30/h11-13,20-21,23-27,30,33-35H,4-10,14-15H2,1-3H3,(H,29,31). The Bertz CT molecular complexity index is 869. The first-order valence-electron chi connectivity index (χ1n) is 13.1. The summed E-state index contributed by atoms with van der Waals surface area (Å²) >= 11 is 0. The number of benzene rings is 1. The van der Waals surface area contributed by atoms with Crippen LogP contribution in [0, 0.1) is 6.92 Å². The van der Waals surface area contributed by atoms with Gasteiger partial charge in [-0.1, -0.05) is 50.7 Å². The molecule has 5 N–H and O–H groups in total. The molecule has 210 valence electrons. The van der Waals surface area contributed by atoms with E-state index < -0.39 is 61.2 Å². The molecule has 1 saturated heterocycles. The van der Waals surface area contributed by atoms with E-state index in [1.165, 1.54) is 19.1 Å². The summed E-state index contributed by atoms with van der Waals surface area (Å²) in [6, 6.07) is 3.64. The summed E-state index contributed by atoms with van der Waals surface area (Å²) < 4.78 is 27.0. The highest BCUT2D eigenvalue weighted by Crippen LogP contribution is 2.34. The van der Waals surface area contributed by atoms with E-state index in [0.29, 0.717) is 6.42 Å². The molecule has 37 heavy (non-hydrogen) atoms. The number of carbonyl (C=O) groups is 2. The van der Waals surface area contributed by atoms with Crippen LogP contribution in [0.5, 0.6) is 5.75 Å². The zero-order valence-corrected chi connectivity index (χ0v) is 21.9. The van der Waals surface area contributed by atoms with E-state index in [0.717, 1.165) is 37.7 Å². The number of alkyl halides is 1. The van der Waals surface area contributed by atoms with Crippen LogP contribution in [0.15, 0.2) is 18.2 Å².